The molecule has 0 unspecified atom stereocenters. The van der Waals surface area contributed by atoms with Crippen LogP contribution in [0.5, 0.6) is 5.75 Å². The number of pyridine rings is 1. The second kappa shape index (κ2) is 13.1. The Morgan fingerprint density at radius 3 is 2.38 bits per heavy atom. The van der Waals surface area contributed by atoms with Gasteiger partial charge in [0.25, 0.3) is 0 Å². The summed E-state index contributed by atoms with van der Waals surface area (Å²) in [4.78, 5) is 27.0. The predicted octanol–water partition coefficient (Wildman–Crippen LogP) is 4.97. The number of aryl methyl sites for hydroxylation is 1. The van der Waals surface area contributed by atoms with Crippen molar-refractivity contribution in [2.45, 2.75) is 40.0 Å². The first-order chi connectivity index (χ1) is 12.6. The van der Waals surface area contributed by atoms with Gasteiger partial charge in [0.2, 0.25) is 0 Å². The Morgan fingerprint density at radius 1 is 1.04 bits per heavy atom. The number of thioether (sulfide) groups is 1. The minimum Gasteiger partial charge on any atom is -0.494 e. The van der Waals surface area contributed by atoms with Crippen molar-refractivity contribution in [1.82, 2.24) is 4.98 Å². The summed E-state index contributed by atoms with van der Waals surface area (Å²) in [5.41, 5.74) is 1.70. The molecule has 5 heteroatoms. The lowest BCUT2D eigenvalue weighted by Gasteiger charge is -2.07. The van der Waals surface area contributed by atoms with Crippen LogP contribution in [-0.4, -0.2) is 28.2 Å². The standard InChI is InChI=1S/C19H21NO3S.C2H6/c1-15(21)24-14-19(22)16-8-10-18(11-9-16)23-13-5-3-7-17-6-2-4-12-20-17;1-2/h2,4,6,8-12H,3,5,7,13-14H2,1H3;1-2H3. The Hall–Kier alpha value is -2.14. The van der Waals surface area contributed by atoms with Crippen molar-refractivity contribution < 1.29 is 14.3 Å². The van der Waals surface area contributed by atoms with Gasteiger partial charge in [0, 0.05) is 24.4 Å². The number of hydrogen-bond acceptors (Lipinski definition) is 5. The van der Waals surface area contributed by atoms with E-state index in [0.717, 1.165) is 42.5 Å². The van der Waals surface area contributed by atoms with Crippen LogP contribution in [0.3, 0.4) is 0 Å². The Morgan fingerprint density at radius 2 is 1.77 bits per heavy atom. The summed E-state index contributed by atoms with van der Waals surface area (Å²) in [5.74, 6) is 0.893. The van der Waals surface area contributed by atoms with Crippen molar-refractivity contribution in [3.05, 3.63) is 59.9 Å². The Labute approximate surface area is 160 Å². The largest absolute Gasteiger partial charge is 0.494 e. The van der Waals surface area contributed by atoms with E-state index in [-0.39, 0.29) is 16.7 Å². The number of aromatic nitrogens is 1. The highest BCUT2D eigenvalue weighted by Crippen LogP contribution is 2.15. The van der Waals surface area contributed by atoms with Gasteiger partial charge in [-0.25, -0.2) is 0 Å². The van der Waals surface area contributed by atoms with Gasteiger partial charge in [0.15, 0.2) is 10.9 Å². The monoisotopic (exact) mass is 373 g/mol. The van der Waals surface area contributed by atoms with E-state index in [1.807, 2.05) is 38.2 Å². The zero-order valence-electron chi connectivity index (χ0n) is 15.7. The smallest absolute Gasteiger partial charge is 0.186 e. The third-order valence-electron chi connectivity index (χ3n) is 3.40. The number of Topliss-reactive ketones (excluding diaryl/α,β-unsaturated/α-hetero) is 1. The number of carbonyl (C=O) groups excluding carboxylic acids is 2. The maximum atomic E-state index is 11.9. The summed E-state index contributed by atoms with van der Waals surface area (Å²) in [5, 5.41) is -0.0472. The SMILES string of the molecule is CC.CC(=O)SCC(=O)c1ccc(OCCCCc2ccccn2)cc1. The number of carbonyl (C=O) groups is 2. The fourth-order valence-corrected chi connectivity index (χ4v) is 2.63. The Kier molecular flexibility index (Phi) is 11.0. The van der Waals surface area contributed by atoms with Gasteiger partial charge in [-0.1, -0.05) is 31.7 Å². The third-order valence-corrected chi connectivity index (χ3v) is 4.22. The van der Waals surface area contributed by atoms with Crippen LogP contribution in [0.25, 0.3) is 0 Å². The molecule has 0 bridgehead atoms. The summed E-state index contributed by atoms with van der Waals surface area (Å²) in [6.45, 7) is 6.10. The van der Waals surface area contributed by atoms with Crippen LogP contribution in [0.15, 0.2) is 48.7 Å². The molecule has 0 N–H and O–H groups in total. The number of benzene rings is 1. The van der Waals surface area contributed by atoms with Gasteiger partial charge < -0.3 is 4.74 Å². The number of nitrogens with zero attached hydrogens (tertiary/aromatic N) is 1. The quantitative estimate of drug-likeness (QED) is 0.459. The lowest BCUT2D eigenvalue weighted by atomic mass is 10.1. The summed E-state index contributed by atoms with van der Waals surface area (Å²) in [6.07, 6.45) is 4.73. The van der Waals surface area contributed by atoms with Gasteiger partial charge in [-0.05, 0) is 55.7 Å². The lowest BCUT2D eigenvalue weighted by molar-refractivity contribution is -0.109. The van der Waals surface area contributed by atoms with Crippen LogP contribution in [0.4, 0.5) is 0 Å². The van der Waals surface area contributed by atoms with Crippen LogP contribution < -0.4 is 4.74 Å². The molecular formula is C21H27NO3S. The highest BCUT2D eigenvalue weighted by atomic mass is 32.2. The minimum absolute atomic E-state index is 0.0443. The van der Waals surface area contributed by atoms with E-state index in [9.17, 15) is 9.59 Å². The van der Waals surface area contributed by atoms with Crippen LogP contribution in [0.1, 0.15) is 49.7 Å². The van der Waals surface area contributed by atoms with E-state index < -0.39 is 0 Å². The third kappa shape index (κ3) is 8.81. The van der Waals surface area contributed by atoms with E-state index in [2.05, 4.69) is 4.98 Å². The molecular weight excluding hydrogens is 346 g/mol. The molecule has 2 rings (SSSR count). The van der Waals surface area contributed by atoms with Gasteiger partial charge >= 0.3 is 0 Å². The number of ketones is 1. The van der Waals surface area contributed by atoms with Gasteiger partial charge in [0.1, 0.15) is 5.75 Å². The molecule has 0 amide bonds. The maximum Gasteiger partial charge on any atom is 0.186 e. The summed E-state index contributed by atoms with van der Waals surface area (Å²) in [6, 6.07) is 13.0. The predicted molar refractivity (Wildman–Crippen MR) is 108 cm³/mol. The Bertz CT molecular complexity index is 657. The molecule has 0 fully saturated rings. The fourth-order valence-electron chi connectivity index (χ4n) is 2.13. The summed E-state index contributed by atoms with van der Waals surface area (Å²) >= 11 is 1.03. The maximum absolute atomic E-state index is 11.9. The molecule has 1 heterocycles. The van der Waals surface area contributed by atoms with Crippen molar-refractivity contribution in [2.24, 2.45) is 0 Å². The Balaban J connectivity index is 0.00000163. The van der Waals surface area contributed by atoms with Crippen LogP contribution >= 0.6 is 11.8 Å². The average molecular weight is 374 g/mol. The van der Waals surface area contributed by atoms with Gasteiger partial charge in [-0.3, -0.25) is 14.6 Å². The van der Waals surface area contributed by atoms with Gasteiger partial charge in [0.05, 0.1) is 12.4 Å². The normalized spacial score (nSPS) is 9.81. The van der Waals surface area contributed by atoms with Crippen molar-refractivity contribution in [2.75, 3.05) is 12.4 Å². The molecule has 0 saturated carbocycles. The van der Waals surface area contributed by atoms with E-state index >= 15 is 0 Å². The van der Waals surface area contributed by atoms with Crippen LogP contribution in [0, 0.1) is 0 Å². The molecule has 140 valence electrons. The van der Waals surface area contributed by atoms with E-state index in [4.69, 9.17) is 4.74 Å². The zero-order chi connectivity index (χ0) is 19.2. The second-order valence-electron chi connectivity index (χ2n) is 5.35. The molecule has 1 aromatic heterocycles. The number of rotatable bonds is 9. The van der Waals surface area contributed by atoms with Crippen molar-refractivity contribution in [3.63, 3.8) is 0 Å². The highest BCUT2D eigenvalue weighted by molar-refractivity contribution is 8.14. The van der Waals surface area contributed by atoms with Gasteiger partial charge in [-0.2, -0.15) is 0 Å². The molecule has 0 spiro atoms. The van der Waals surface area contributed by atoms with Crippen molar-refractivity contribution in [1.29, 1.82) is 0 Å². The molecule has 26 heavy (non-hydrogen) atoms. The molecule has 4 nitrogen and oxygen atoms in total. The summed E-state index contributed by atoms with van der Waals surface area (Å²) < 4.78 is 5.69. The molecule has 2 aromatic rings. The minimum atomic E-state index is -0.0472. The first-order valence-corrected chi connectivity index (χ1v) is 9.93. The topological polar surface area (TPSA) is 56.3 Å². The molecule has 0 aliphatic carbocycles. The van der Waals surface area contributed by atoms with Crippen LogP contribution in [0.2, 0.25) is 0 Å². The average Bonchev–Trinajstić information content (AvgIpc) is 2.68. The first kappa shape index (κ1) is 21.9. The number of ether oxygens (including phenoxy) is 1. The molecule has 0 saturated heterocycles. The molecule has 0 aliphatic heterocycles. The van der Waals surface area contributed by atoms with E-state index in [1.165, 1.54) is 6.92 Å². The highest BCUT2D eigenvalue weighted by Gasteiger charge is 2.07. The van der Waals surface area contributed by atoms with E-state index in [1.54, 1.807) is 24.3 Å². The van der Waals surface area contributed by atoms with Crippen LogP contribution in [-0.2, 0) is 11.2 Å². The second-order valence-corrected chi connectivity index (χ2v) is 6.51. The van der Waals surface area contributed by atoms with Crippen molar-refractivity contribution in [3.8, 4) is 5.75 Å². The number of hydrogen-bond donors (Lipinski definition) is 0. The van der Waals surface area contributed by atoms with Gasteiger partial charge in [-0.15, -0.1) is 0 Å². The van der Waals surface area contributed by atoms with Crippen molar-refractivity contribution >= 4 is 22.7 Å². The molecule has 0 aliphatic rings. The molecule has 1 aromatic carbocycles. The fraction of sp³-hybridized carbons (Fsp3) is 0.381. The zero-order valence-corrected chi connectivity index (χ0v) is 16.6. The first-order valence-electron chi connectivity index (χ1n) is 8.94. The number of unbranched alkanes of at least 4 members (excludes halogenated alkanes) is 1. The lowest BCUT2D eigenvalue weighted by Crippen LogP contribution is -2.04. The molecule has 0 atom stereocenters. The molecule has 0 radical (unpaired) electrons. The van der Waals surface area contributed by atoms with E-state index in [0.29, 0.717) is 12.2 Å². The summed E-state index contributed by atoms with van der Waals surface area (Å²) in [7, 11) is 0.